The van der Waals surface area contributed by atoms with Gasteiger partial charge < -0.3 is 5.32 Å². The highest BCUT2D eigenvalue weighted by atomic mass is 19.4. The average Bonchev–Trinajstić information content (AvgIpc) is 3.04. The maximum absolute atomic E-state index is 12.9. The standard InChI is InChI=1S/C22H19F6N3/c1-31-20(14-4-8-17(9-5-14)22(26,27)28)18-12-29-11-15(19(18)30-31)10-13-2-6-16(7-3-13)21(23,24)25/h2-10,18,20,29H,11-12H2,1H3/b15-10+. The van der Waals surface area contributed by atoms with E-state index < -0.39 is 23.5 Å². The van der Waals surface area contributed by atoms with Crippen molar-refractivity contribution in [1.82, 2.24) is 10.3 Å². The van der Waals surface area contributed by atoms with Crippen LogP contribution in [0.15, 0.2) is 59.2 Å². The van der Waals surface area contributed by atoms with Gasteiger partial charge in [-0.15, -0.1) is 0 Å². The lowest BCUT2D eigenvalue weighted by atomic mass is 9.84. The summed E-state index contributed by atoms with van der Waals surface area (Å²) >= 11 is 0. The molecule has 0 aromatic heterocycles. The summed E-state index contributed by atoms with van der Waals surface area (Å²) in [6, 6.07) is 9.72. The lowest BCUT2D eigenvalue weighted by Crippen LogP contribution is -2.40. The van der Waals surface area contributed by atoms with Crippen LogP contribution in [0.2, 0.25) is 0 Å². The number of nitrogens with zero attached hydrogens (tertiary/aromatic N) is 2. The molecule has 3 nitrogen and oxygen atoms in total. The average molecular weight is 439 g/mol. The Kier molecular flexibility index (Phi) is 5.33. The van der Waals surface area contributed by atoms with E-state index in [1.807, 2.05) is 0 Å². The molecule has 0 aliphatic carbocycles. The number of hydrogen-bond donors (Lipinski definition) is 1. The summed E-state index contributed by atoms with van der Waals surface area (Å²) in [6.45, 7) is 1.10. The van der Waals surface area contributed by atoms with Crippen LogP contribution in [0.5, 0.6) is 0 Å². The summed E-state index contributed by atoms with van der Waals surface area (Å²) < 4.78 is 77.0. The molecule has 9 heteroatoms. The van der Waals surface area contributed by atoms with Crippen molar-refractivity contribution in [3.05, 3.63) is 76.4 Å². The fourth-order valence-corrected chi connectivity index (χ4v) is 4.09. The van der Waals surface area contributed by atoms with Crippen molar-refractivity contribution in [3.63, 3.8) is 0 Å². The van der Waals surface area contributed by atoms with Gasteiger partial charge in [0.2, 0.25) is 0 Å². The molecule has 4 rings (SSSR count). The van der Waals surface area contributed by atoms with Crippen LogP contribution >= 0.6 is 0 Å². The number of benzene rings is 2. The van der Waals surface area contributed by atoms with Crippen LogP contribution in [-0.4, -0.2) is 30.9 Å². The van der Waals surface area contributed by atoms with Crippen LogP contribution < -0.4 is 5.32 Å². The molecule has 0 radical (unpaired) electrons. The van der Waals surface area contributed by atoms with E-state index in [1.54, 1.807) is 18.1 Å². The minimum absolute atomic E-state index is 0.0869. The Bertz CT molecular complexity index is 1000. The minimum Gasteiger partial charge on any atom is -0.312 e. The topological polar surface area (TPSA) is 27.6 Å². The molecule has 0 saturated carbocycles. The van der Waals surface area contributed by atoms with E-state index in [0.29, 0.717) is 18.7 Å². The quantitative estimate of drug-likeness (QED) is 0.638. The van der Waals surface area contributed by atoms with Crippen molar-refractivity contribution < 1.29 is 26.3 Å². The first-order valence-corrected chi connectivity index (χ1v) is 9.61. The van der Waals surface area contributed by atoms with E-state index in [2.05, 4.69) is 10.4 Å². The van der Waals surface area contributed by atoms with Crippen LogP contribution in [0.3, 0.4) is 0 Å². The summed E-state index contributed by atoms with van der Waals surface area (Å²) in [4.78, 5) is 0. The predicted molar refractivity (Wildman–Crippen MR) is 105 cm³/mol. The van der Waals surface area contributed by atoms with Gasteiger partial charge in [0.15, 0.2) is 0 Å². The molecule has 2 unspecified atom stereocenters. The van der Waals surface area contributed by atoms with E-state index in [0.717, 1.165) is 41.1 Å². The summed E-state index contributed by atoms with van der Waals surface area (Å²) in [5.74, 6) is -0.0869. The van der Waals surface area contributed by atoms with E-state index in [9.17, 15) is 26.3 Å². The fraction of sp³-hybridized carbons (Fsp3) is 0.318. The molecule has 2 atom stereocenters. The smallest absolute Gasteiger partial charge is 0.312 e. The first-order chi connectivity index (χ1) is 14.5. The molecule has 2 aromatic rings. The van der Waals surface area contributed by atoms with Crippen LogP contribution in [-0.2, 0) is 12.4 Å². The molecular weight excluding hydrogens is 420 g/mol. The molecule has 1 N–H and O–H groups in total. The molecule has 1 saturated heterocycles. The van der Waals surface area contributed by atoms with E-state index in [1.165, 1.54) is 24.3 Å². The van der Waals surface area contributed by atoms with E-state index in [-0.39, 0.29) is 12.0 Å². The van der Waals surface area contributed by atoms with Gasteiger partial charge in [-0.05, 0) is 47.0 Å². The Morgan fingerprint density at radius 1 is 0.903 bits per heavy atom. The molecule has 164 valence electrons. The third-order valence-electron chi connectivity index (χ3n) is 5.57. The SMILES string of the molecule is CN1N=C2/C(=C/c3ccc(C(F)(F)F)cc3)CNCC2C1c1ccc(C(F)(F)F)cc1. The second-order valence-corrected chi connectivity index (χ2v) is 7.65. The number of hydrazone groups is 1. The van der Waals surface area contributed by atoms with Crippen molar-refractivity contribution in [1.29, 1.82) is 0 Å². The highest BCUT2D eigenvalue weighted by molar-refractivity contribution is 6.07. The molecule has 0 amide bonds. The number of hydrogen-bond acceptors (Lipinski definition) is 3. The van der Waals surface area contributed by atoms with Crippen LogP contribution in [0, 0.1) is 5.92 Å². The normalized spacial score (nSPS) is 23.1. The van der Waals surface area contributed by atoms with Gasteiger partial charge in [-0.25, -0.2) is 0 Å². The highest BCUT2D eigenvalue weighted by Crippen LogP contribution is 2.39. The van der Waals surface area contributed by atoms with Gasteiger partial charge in [0, 0.05) is 26.1 Å². The van der Waals surface area contributed by atoms with Crippen LogP contribution in [0.1, 0.15) is 28.3 Å². The van der Waals surface area contributed by atoms with Crippen LogP contribution in [0.25, 0.3) is 6.08 Å². The van der Waals surface area contributed by atoms with E-state index >= 15 is 0 Å². The number of alkyl halides is 6. The molecular formula is C22H19F6N3. The zero-order valence-corrected chi connectivity index (χ0v) is 16.4. The van der Waals surface area contributed by atoms with Gasteiger partial charge in [0.1, 0.15) is 0 Å². The molecule has 0 bridgehead atoms. The van der Waals surface area contributed by atoms with E-state index in [4.69, 9.17) is 0 Å². The third-order valence-corrected chi connectivity index (χ3v) is 5.57. The number of rotatable bonds is 2. The molecule has 2 heterocycles. The summed E-state index contributed by atoms with van der Waals surface area (Å²) in [6.07, 6.45) is -7.00. The van der Waals surface area contributed by atoms with Crippen molar-refractivity contribution in [2.24, 2.45) is 11.0 Å². The maximum Gasteiger partial charge on any atom is 0.416 e. The molecule has 0 spiro atoms. The second-order valence-electron chi connectivity index (χ2n) is 7.65. The third kappa shape index (κ3) is 4.32. The fourth-order valence-electron chi connectivity index (χ4n) is 4.09. The number of piperidine rings is 1. The second kappa shape index (κ2) is 7.71. The van der Waals surface area contributed by atoms with Gasteiger partial charge in [-0.3, -0.25) is 5.01 Å². The highest BCUT2D eigenvalue weighted by Gasteiger charge is 2.40. The molecule has 1 fully saturated rings. The number of halogens is 6. The lowest BCUT2D eigenvalue weighted by Gasteiger charge is -2.29. The van der Waals surface area contributed by atoms with Gasteiger partial charge in [-0.2, -0.15) is 31.4 Å². The zero-order valence-electron chi connectivity index (χ0n) is 16.4. The monoisotopic (exact) mass is 439 g/mol. The maximum atomic E-state index is 12.9. The van der Waals surface area contributed by atoms with Crippen molar-refractivity contribution in [3.8, 4) is 0 Å². The first-order valence-electron chi connectivity index (χ1n) is 9.61. The van der Waals surface area contributed by atoms with Gasteiger partial charge in [-0.1, -0.05) is 24.3 Å². The Balaban J connectivity index is 1.59. The van der Waals surface area contributed by atoms with Crippen molar-refractivity contribution in [2.45, 2.75) is 18.4 Å². The Morgan fingerprint density at radius 3 is 2.00 bits per heavy atom. The van der Waals surface area contributed by atoms with Crippen molar-refractivity contribution >= 4 is 11.8 Å². The Hall–Kier alpha value is -2.81. The van der Waals surface area contributed by atoms with Gasteiger partial charge in [0.25, 0.3) is 0 Å². The van der Waals surface area contributed by atoms with Gasteiger partial charge in [0.05, 0.1) is 22.9 Å². The summed E-state index contributed by atoms with van der Waals surface area (Å²) in [5.41, 5.74) is 1.56. The number of fused-ring (bicyclic) bond motifs is 1. The van der Waals surface area contributed by atoms with Crippen molar-refractivity contribution in [2.75, 3.05) is 20.1 Å². The summed E-state index contributed by atoms with van der Waals surface area (Å²) in [7, 11) is 1.77. The predicted octanol–water partition coefficient (Wildman–Crippen LogP) is 5.37. The molecule has 2 aromatic carbocycles. The summed E-state index contributed by atoms with van der Waals surface area (Å²) in [5, 5.41) is 9.63. The Labute approximate surface area is 175 Å². The number of nitrogens with one attached hydrogen (secondary N) is 1. The largest absolute Gasteiger partial charge is 0.416 e. The van der Waals surface area contributed by atoms with Gasteiger partial charge >= 0.3 is 12.4 Å². The zero-order chi connectivity index (χ0) is 22.4. The lowest BCUT2D eigenvalue weighted by molar-refractivity contribution is -0.138. The van der Waals surface area contributed by atoms with Crippen LogP contribution in [0.4, 0.5) is 26.3 Å². The first kappa shape index (κ1) is 21.4. The molecule has 2 aliphatic rings. The minimum atomic E-state index is -4.40. The molecule has 31 heavy (non-hydrogen) atoms. The Morgan fingerprint density at radius 2 is 1.45 bits per heavy atom. The molecule has 2 aliphatic heterocycles.